The van der Waals surface area contributed by atoms with Gasteiger partial charge < -0.3 is 9.13 Å². The van der Waals surface area contributed by atoms with Crippen molar-refractivity contribution >= 4 is 60.7 Å². The van der Waals surface area contributed by atoms with Crippen molar-refractivity contribution in [2.75, 3.05) is 0 Å². The summed E-state index contributed by atoms with van der Waals surface area (Å²) < 4.78 is 4.46. The van der Waals surface area contributed by atoms with Crippen molar-refractivity contribution in [1.29, 1.82) is 15.8 Å². The summed E-state index contributed by atoms with van der Waals surface area (Å²) in [5.41, 5.74) is 12.4. The van der Waals surface area contributed by atoms with Crippen LogP contribution in [0.1, 0.15) is 16.7 Å². The van der Waals surface area contributed by atoms with Gasteiger partial charge in [-0.05, 0) is 89.5 Å². The first-order valence-electron chi connectivity index (χ1n) is 25.3. The Morgan fingerprint density at radius 1 is 0.350 bits per heavy atom. The van der Waals surface area contributed by atoms with Crippen molar-refractivity contribution in [2.24, 2.45) is 0 Å². The van der Waals surface area contributed by atoms with E-state index in [1.807, 2.05) is 103 Å². The highest BCUT2D eigenvalue weighted by Gasteiger charge is 2.25. The second-order valence-electron chi connectivity index (χ2n) is 18.9. The summed E-state index contributed by atoms with van der Waals surface area (Å²) in [4.78, 5) is 26.9. The molecule has 0 fully saturated rings. The lowest BCUT2D eigenvalue weighted by atomic mass is 9.94. The molecule has 0 unspecified atom stereocenters. The highest BCUT2D eigenvalue weighted by molar-refractivity contribution is 6.13. The fourth-order valence-corrected chi connectivity index (χ4v) is 11.0. The lowest BCUT2D eigenvalue weighted by Crippen LogP contribution is -2.04. The monoisotopic (exact) mass is 1020 g/mol. The molecule has 0 aliphatic heterocycles. The van der Waals surface area contributed by atoms with E-state index in [1.165, 1.54) is 24.3 Å². The van der Waals surface area contributed by atoms with Gasteiger partial charge in [-0.3, -0.25) is 0 Å². The van der Waals surface area contributed by atoms with E-state index in [1.54, 1.807) is 0 Å². The summed E-state index contributed by atoms with van der Waals surface area (Å²) in [6, 6.07) is 75.3. The van der Waals surface area contributed by atoms with Crippen molar-refractivity contribution in [3.63, 3.8) is 0 Å². The Kier molecular flexibility index (Phi) is 11.5. The largest absolute Gasteiger partial charge is 0.309 e. The number of benzene rings is 10. The molecular weight excluding hydrogens is 983 g/mol. The van der Waals surface area contributed by atoms with E-state index in [4.69, 9.17) is 34.7 Å². The van der Waals surface area contributed by atoms with Gasteiger partial charge in [-0.2, -0.15) is 15.8 Å². The van der Waals surface area contributed by atoms with Crippen LogP contribution in [-0.2, 0) is 0 Å². The van der Waals surface area contributed by atoms with Gasteiger partial charge in [0, 0.05) is 66.1 Å². The smallest absolute Gasteiger partial charge is 0.197 e. The maximum atomic E-state index is 10.5. The third-order valence-electron chi connectivity index (χ3n) is 14.5. The molecule has 13 rings (SSSR count). The molecule has 13 aromatic rings. The van der Waals surface area contributed by atoms with Gasteiger partial charge in [0.15, 0.2) is 34.5 Å². The predicted octanol–water partition coefficient (Wildman–Crippen LogP) is 17.3. The number of para-hydroxylation sites is 3. The van der Waals surface area contributed by atoms with Crippen LogP contribution in [0.2, 0.25) is 0 Å². The first-order valence-corrected chi connectivity index (χ1v) is 25.3. The van der Waals surface area contributed by atoms with Crippen molar-refractivity contribution in [1.82, 2.24) is 24.1 Å². The Bertz CT molecular complexity index is 4690. The Balaban J connectivity index is 1.13. The Morgan fingerprint density at radius 2 is 0.825 bits per heavy atom. The topological polar surface area (TPSA) is 133 Å². The minimum atomic E-state index is 0.155. The molecule has 0 aliphatic rings. The molecular formula is C69H35N11. The van der Waals surface area contributed by atoms with E-state index in [0.29, 0.717) is 51.0 Å². The molecule has 0 spiro atoms. The lowest BCUT2D eigenvalue weighted by Gasteiger charge is -2.18. The van der Waals surface area contributed by atoms with Crippen molar-refractivity contribution in [3.05, 3.63) is 263 Å². The molecule has 0 bridgehead atoms. The van der Waals surface area contributed by atoms with Crippen LogP contribution in [0.15, 0.2) is 212 Å². The van der Waals surface area contributed by atoms with Crippen LogP contribution in [-0.4, -0.2) is 24.1 Å². The molecule has 366 valence electrons. The second-order valence-corrected chi connectivity index (χ2v) is 18.9. The van der Waals surface area contributed by atoms with Crippen molar-refractivity contribution in [2.45, 2.75) is 0 Å². The number of rotatable bonds is 8. The molecule has 11 nitrogen and oxygen atoms in total. The van der Waals surface area contributed by atoms with E-state index in [9.17, 15) is 15.8 Å². The number of fused-ring (bicyclic) bond motifs is 6. The minimum absolute atomic E-state index is 0.155. The fourth-order valence-electron chi connectivity index (χ4n) is 11.0. The zero-order valence-corrected chi connectivity index (χ0v) is 42.1. The molecule has 11 heteroatoms. The van der Waals surface area contributed by atoms with E-state index in [0.717, 1.165) is 71.6 Å². The Morgan fingerprint density at radius 3 is 1.38 bits per heavy atom. The van der Waals surface area contributed by atoms with Crippen LogP contribution in [0, 0.1) is 53.7 Å². The van der Waals surface area contributed by atoms with Crippen molar-refractivity contribution in [3.8, 4) is 97.1 Å². The molecule has 0 aliphatic carbocycles. The van der Waals surface area contributed by atoms with Gasteiger partial charge in [0.05, 0.1) is 76.9 Å². The van der Waals surface area contributed by atoms with E-state index in [-0.39, 0.29) is 33.8 Å². The van der Waals surface area contributed by atoms with Gasteiger partial charge >= 0.3 is 0 Å². The molecule has 0 N–H and O–H groups in total. The normalized spacial score (nSPS) is 10.9. The van der Waals surface area contributed by atoms with Gasteiger partial charge in [-0.25, -0.2) is 29.5 Å². The minimum Gasteiger partial charge on any atom is -0.309 e. The molecule has 80 heavy (non-hydrogen) atoms. The number of hydrogen-bond acceptors (Lipinski definition) is 6. The predicted molar refractivity (Wildman–Crippen MR) is 314 cm³/mol. The molecule has 0 radical (unpaired) electrons. The number of nitriles is 3. The van der Waals surface area contributed by atoms with Gasteiger partial charge in [0.2, 0.25) is 0 Å². The fraction of sp³-hybridized carbons (Fsp3) is 0. The zero-order chi connectivity index (χ0) is 54.4. The highest BCUT2D eigenvalue weighted by Crippen LogP contribution is 2.46. The van der Waals surface area contributed by atoms with E-state index >= 15 is 0 Å². The van der Waals surface area contributed by atoms with E-state index in [2.05, 4.69) is 127 Å². The SMILES string of the molecule is [C-]#[N+]c1cc(C#N)c(-c2ccc3c(c2)c2cc(-c4c(C#N)cc(C#N)cc4[N+]#[C-])ccc2n3-c2ccc(-c3ccccc3-n3c4ccccc4c4ccccc43)cc2-c2nc(-c3ccccc3)nc(-c3ccccc3)n2)c([N+]#[C-])c1. The summed E-state index contributed by atoms with van der Waals surface area (Å²) in [5.74, 6) is 1.37. The third-order valence-corrected chi connectivity index (χ3v) is 14.5. The molecule has 0 saturated carbocycles. The first-order chi connectivity index (χ1) is 39.4. The summed E-state index contributed by atoms with van der Waals surface area (Å²) in [5, 5.41) is 34.6. The van der Waals surface area contributed by atoms with Crippen LogP contribution < -0.4 is 0 Å². The summed E-state index contributed by atoms with van der Waals surface area (Å²) in [7, 11) is 0. The molecule has 10 aromatic carbocycles. The second kappa shape index (κ2) is 19.5. The molecule has 3 heterocycles. The van der Waals surface area contributed by atoms with Crippen LogP contribution in [0.25, 0.3) is 137 Å². The number of hydrogen-bond donors (Lipinski definition) is 0. The summed E-state index contributed by atoms with van der Waals surface area (Å²) in [6.07, 6.45) is 0. The zero-order valence-electron chi connectivity index (χ0n) is 42.1. The number of aromatic nitrogens is 5. The van der Waals surface area contributed by atoms with Crippen LogP contribution in [0.4, 0.5) is 17.1 Å². The van der Waals surface area contributed by atoms with Crippen LogP contribution in [0.5, 0.6) is 0 Å². The Hall–Kier alpha value is -12.3. The molecule has 0 atom stereocenters. The van der Waals surface area contributed by atoms with Gasteiger partial charge in [-0.15, -0.1) is 0 Å². The lowest BCUT2D eigenvalue weighted by molar-refractivity contribution is 1.06. The van der Waals surface area contributed by atoms with Gasteiger partial charge in [0.25, 0.3) is 0 Å². The molecule has 0 amide bonds. The molecule has 3 aromatic heterocycles. The third kappa shape index (κ3) is 7.82. The summed E-state index contributed by atoms with van der Waals surface area (Å²) >= 11 is 0. The average Bonchev–Trinajstić information content (AvgIpc) is 4.23. The molecule has 0 saturated heterocycles. The van der Waals surface area contributed by atoms with Crippen molar-refractivity contribution < 1.29 is 0 Å². The maximum absolute atomic E-state index is 10.5. The summed E-state index contributed by atoms with van der Waals surface area (Å²) in [6.45, 7) is 24.1. The number of nitrogens with zero attached hydrogens (tertiary/aromatic N) is 11. The standard InChI is InChI=1S/C69H35N11/c1-73-50-34-49(41-72)66(58(38-50)75-3)47-28-31-63-55(37-47)54-36-46(65-48(40-71)32-42(39-70)33-57(65)74-2)27-30-62(54)80(63)64-29-26-45(51-20-10-13-23-59(51)79-60-24-14-11-21-52(60)53-22-12-15-25-61(53)79)35-56(64)69-77-67(43-16-6-4-7-17-43)76-68(78-69)44-18-8-5-9-19-44/h4-38H. The van der Waals surface area contributed by atoms with Crippen LogP contribution in [0.3, 0.4) is 0 Å². The highest BCUT2D eigenvalue weighted by atomic mass is 15.1. The average molecular weight is 1020 g/mol. The quantitative estimate of drug-likeness (QED) is 0.139. The van der Waals surface area contributed by atoms with E-state index < -0.39 is 0 Å². The van der Waals surface area contributed by atoms with Gasteiger partial charge in [0.1, 0.15) is 0 Å². The first kappa shape index (κ1) is 47.5. The van der Waals surface area contributed by atoms with Gasteiger partial charge in [-0.1, -0.05) is 140 Å². The Labute approximate surface area is 458 Å². The maximum Gasteiger partial charge on any atom is 0.197 e. The van der Waals surface area contributed by atoms with Crippen LogP contribution >= 0.6 is 0 Å².